The van der Waals surface area contributed by atoms with Gasteiger partial charge >= 0.3 is 6.09 Å². The number of anilines is 1. The van der Waals surface area contributed by atoms with E-state index < -0.39 is 6.09 Å². The van der Waals surface area contributed by atoms with Gasteiger partial charge in [-0.1, -0.05) is 0 Å². The van der Waals surface area contributed by atoms with Gasteiger partial charge in [0.25, 0.3) is 0 Å². The molecule has 18 heavy (non-hydrogen) atoms. The Labute approximate surface area is 105 Å². The van der Waals surface area contributed by atoms with E-state index in [2.05, 4.69) is 15.2 Å². The number of carboxylic acid groups (broad SMARTS) is 1. The lowest BCUT2D eigenvalue weighted by Crippen LogP contribution is -2.44. The number of piperidine rings is 1. The number of rotatable bonds is 2. The smallest absolute Gasteiger partial charge is 0.404 e. The molecule has 0 atom stereocenters. The van der Waals surface area contributed by atoms with Gasteiger partial charge in [0.1, 0.15) is 11.9 Å². The monoisotopic (exact) mass is 246 g/mol. The van der Waals surface area contributed by atoms with Crippen molar-refractivity contribution in [2.75, 3.05) is 18.0 Å². The zero-order valence-corrected chi connectivity index (χ0v) is 9.83. The molecule has 6 nitrogen and oxygen atoms in total. The lowest BCUT2D eigenvalue weighted by atomic mass is 10.1. The van der Waals surface area contributed by atoms with Gasteiger partial charge in [0.2, 0.25) is 0 Å². The number of nitriles is 1. The van der Waals surface area contributed by atoms with Crippen LogP contribution in [0.2, 0.25) is 0 Å². The van der Waals surface area contributed by atoms with Crippen molar-refractivity contribution in [1.82, 2.24) is 10.3 Å². The van der Waals surface area contributed by atoms with Crippen molar-refractivity contribution in [3.8, 4) is 6.07 Å². The van der Waals surface area contributed by atoms with E-state index in [4.69, 9.17) is 10.4 Å². The summed E-state index contributed by atoms with van der Waals surface area (Å²) in [6.45, 7) is 1.54. The highest BCUT2D eigenvalue weighted by molar-refractivity contribution is 5.64. The van der Waals surface area contributed by atoms with Crippen LogP contribution < -0.4 is 10.2 Å². The molecule has 1 fully saturated rings. The number of aromatic nitrogens is 1. The molecule has 1 amide bonds. The maximum atomic E-state index is 10.5. The molecule has 1 saturated heterocycles. The number of nitrogens with one attached hydrogen (secondary N) is 1. The second kappa shape index (κ2) is 5.36. The lowest BCUT2D eigenvalue weighted by molar-refractivity contribution is 0.187. The summed E-state index contributed by atoms with van der Waals surface area (Å²) in [6.07, 6.45) is 2.13. The zero-order chi connectivity index (χ0) is 13.0. The van der Waals surface area contributed by atoms with E-state index in [0.717, 1.165) is 31.7 Å². The summed E-state index contributed by atoms with van der Waals surface area (Å²) < 4.78 is 0. The fraction of sp³-hybridized carbons (Fsp3) is 0.417. The van der Waals surface area contributed by atoms with Crippen LogP contribution in [0, 0.1) is 11.3 Å². The molecule has 2 heterocycles. The van der Waals surface area contributed by atoms with Gasteiger partial charge in [-0.15, -0.1) is 0 Å². The second-order valence-electron chi connectivity index (χ2n) is 4.23. The van der Waals surface area contributed by atoms with Crippen LogP contribution in [0.3, 0.4) is 0 Å². The van der Waals surface area contributed by atoms with Crippen molar-refractivity contribution in [3.63, 3.8) is 0 Å². The maximum absolute atomic E-state index is 10.5. The Morgan fingerprint density at radius 1 is 1.50 bits per heavy atom. The van der Waals surface area contributed by atoms with Gasteiger partial charge < -0.3 is 15.3 Å². The first-order valence-corrected chi connectivity index (χ1v) is 5.79. The lowest BCUT2D eigenvalue weighted by Gasteiger charge is -2.32. The first kappa shape index (κ1) is 12.2. The summed E-state index contributed by atoms with van der Waals surface area (Å²) in [5.74, 6) is 0.836. The molecule has 1 aromatic heterocycles. The third kappa shape index (κ3) is 2.88. The molecule has 1 aromatic rings. The van der Waals surface area contributed by atoms with Crippen LogP contribution >= 0.6 is 0 Å². The van der Waals surface area contributed by atoms with E-state index in [9.17, 15) is 4.79 Å². The van der Waals surface area contributed by atoms with E-state index >= 15 is 0 Å². The molecule has 0 aromatic carbocycles. The summed E-state index contributed by atoms with van der Waals surface area (Å²) in [5.41, 5.74) is 0.543. The molecule has 0 saturated carbocycles. The molecule has 2 rings (SSSR count). The van der Waals surface area contributed by atoms with Gasteiger partial charge in [-0.05, 0) is 25.0 Å². The Hall–Kier alpha value is -2.29. The van der Waals surface area contributed by atoms with Gasteiger partial charge in [-0.3, -0.25) is 0 Å². The molecule has 0 aliphatic carbocycles. The van der Waals surface area contributed by atoms with E-state index in [1.54, 1.807) is 12.3 Å². The number of hydrogen-bond acceptors (Lipinski definition) is 4. The summed E-state index contributed by atoms with van der Waals surface area (Å²) in [4.78, 5) is 16.8. The van der Waals surface area contributed by atoms with E-state index in [-0.39, 0.29) is 6.04 Å². The topological polar surface area (TPSA) is 89.2 Å². The van der Waals surface area contributed by atoms with Crippen LogP contribution in [-0.2, 0) is 0 Å². The minimum Gasteiger partial charge on any atom is -0.465 e. The predicted molar refractivity (Wildman–Crippen MR) is 65.3 cm³/mol. The van der Waals surface area contributed by atoms with E-state index in [1.165, 1.54) is 0 Å². The quantitative estimate of drug-likeness (QED) is 0.818. The molecular weight excluding hydrogens is 232 g/mol. The molecule has 94 valence electrons. The van der Waals surface area contributed by atoms with Crippen LogP contribution in [0.1, 0.15) is 18.4 Å². The highest BCUT2D eigenvalue weighted by atomic mass is 16.4. The van der Waals surface area contributed by atoms with E-state index in [1.807, 2.05) is 12.1 Å². The van der Waals surface area contributed by atoms with Crippen molar-refractivity contribution in [3.05, 3.63) is 23.9 Å². The van der Waals surface area contributed by atoms with Crippen molar-refractivity contribution < 1.29 is 9.90 Å². The highest BCUT2D eigenvalue weighted by Gasteiger charge is 2.21. The van der Waals surface area contributed by atoms with Gasteiger partial charge in [0.05, 0.1) is 5.56 Å². The molecule has 2 N–H and O–H groups in total. The molecule has 0 unspecified atom stereocenters. The van der Waals surface area contributed by atoms with Crippen LogP contribution in [0.4, 0.5) is 10.6 Å². The molecule has 1 aliphatic heterocycles. The third-order valence-electron chi connectivity index (χ3n) is 3.02. The fourth-order valence-corrected chi connectivity index (χ4v) is 2.07. The van der Waals surface area contributed by atoms with Crippen LogP contribution in [0.15, 0.2) is 18.3 Å². The van der Waals surface area contributed by atoms with Gasteiger partial charge in [0, 0.05) is 25.3 Å². The Morgan fingerprint density at radius 2 is 2.22 bits per heavy atom. The average Bonchev–Trinajstić information content (AvgIpc) is 2.39. The standard InChI is InChI=1S/C12H14N4O2/c13-7-9-1-2-11(14-8-9)16-5-3-10(4-6-16)15-12(17)18/h1-2,8,10,15H,3-6H2,(H,17,18). The molecule has 0 bridgehead atoms. The Balaban J connectivity index is 1.93. The maximum Gasteiger partial charge on any atom is 0.404 e. The Morgan fingerprint density at radius 3 is 2.72 bits per heavy atom. The Kier molecular flexibility index (Phi) is 3.63. The van der Waals surface area contributed by atoms with Crippen LogP contribution in [0.25, 0.3) is 0 Å². The SMILES string of the molecule is N#Cc1ccc(N2CCC(NC(=O)O)CC2)nc1. The molecule has 6 heteroatoms. The number of nitrogens with zero attached hydrogens (tertiary/aromatic N) is 3. The second-order valence-corrected chi connectivity index (χ2v) is 4.23. The summed E-state index contributed by atoms with van der Waals surface area (Å²) in [5, 5.41) is 19.8. The normalized spacial score (nSPS) is 16.1. The van der Waals surface area contributed by atoms with Crippen molar-refractivity contribution >= 4 is 11.9 Å². The molecular formula is C12H14N4O2. The van der Waals surface area contributed by atoms with E-state index in [0.29, 0.717) is 5.56 Å². The first-order valence-electron chi connectivity index (χ1n) is 5.79. The number of pyridine rings is 1. The van der Waals surface area contributed by atoms with Crippen molar-refractivity contribution in [1.29, 1.82) is 5.26 Å². The fourth-order valence-electron chi connectivity index (χ4n) is 2.07. The number of carbonyl (C=O) groups is 1. The Bertz CT molecular complexity index is 458. The summed E-state index contributed by atoms with van der Waals surface area (Å²) in [6, 6.07) is 5.62. The zero-order valence-electron chi connectivity index (χ0n) is 9.83. The van der Waals surface area contributed by atoms with Crippen LogP contribution in [-0.4, -0.2) is 35.3 Å². The van der Waals surface area contributed by atoms with Crippen molar-refractivity contribution in [2.45, 2.75) is 18.9 Å². The van der Waals surface area contributed by atoms with Gasteiger partial charge in [-0.25, -0.2) is 9.78 Å². The minimum absolute atomic E-state index is 0.0251. The molecule has 0 radical (unpaired) electrons. The van der Waals surface area contributed by atoms with Gasteiger partial charge in [0.15, 0.2) is 0 Å². The average molecular weight is 246 g/mol. The highest BCUT2D eigenvalue weighted by Crippen LogP contribution is 2.17. The molecule has 0 spiro atoms. The number of amides is 1. The van der Waals surface area contributed by atoms with Gasteiger partial charge in [-0.2, -0.15) is 5.26 Å². The molecule has 1 aliphatic rings. The minimum atomic E-state index is -0.968. The summed E-state index contributed by atoms with van der Waals surface area (Å²) >= 11 is 0. The predicted octanol–water partition coefficient (Wildman–Crippen LogP) is 1.19. The first-order chi connectivity index (χ1) is 8.69. The van der Waals surface area contributed by atoms with Crippen LogP contribution in [0.5, 0.6) is 0 Å². The number of hydrogen-bond donors (Lipinski definition) is 2. The summed E-state index contributed by atoms with van der Waals surface area (Å²) in [7, 11) is 0. The largest absolute Gasteiger partial charge is 0.465 e. The van der Waals surface area contributed by atoms with Crippen molar-refractivity contribution in [2.24, 2.45) is 0 Å². The third-order valence-corrected chi connectivity index (χ3v) is 3.02.